The van der Waals surface area contributed by atoms with Crippen LogP contribution in [-0.4, -0.2) is 47.5 Å². The second kappa shape index (κ2) is 11.8. The van der Waals surface area contributed by atoms with Gasteiger partial charge in [-0.05, 0) is 112 Å². The lowest BCUT2D eigenvalue weighted by Gasteiger charge is -2.35. The van der Waals surface area contributed by atoms with Crippen molar-refractivity contribution in [1.29, 1.82) is 0 Å². The summed E-state index contributed by atoms with van der Waals surface area (Å²) in [7, 11) is -4.28. The first-order chi connectivity index (χ1) is 21.0. The van der Waals surface area contributed by atoms with Crippen molar-refractivity contribution in [3.63, 3.8) is 0 Å². The molecule has 3 aromatic carbocycles. The second-order valence-electron chi connectivity index (χ2n) is 12.5. The average molecular weight is 641 g/mol. The van der Waals surface area contributed by atoms with Crippen molar-refractivity contribution in [2.45, 2.75) is 84.0 Å². The SMILES string of the molecule is Cc1c(-c2c(C)c3c(c(C)c2C(OC(C)(C)C)C(=O)O)CCN(S(=O)(=O)c2ccccc2[N+](=O)[O-])C3)cc(F)c2c1CCCO2. The van der Waals surface area contributed by atoms with E-state index in [1.807, 2.05) is 6.92 Å². The number of hydrogen-bond donors (Lipinski definition) is 1. The fraction of sp³-hybridized carbons (Fsp3) is 0.424. The van der Waals surface area contributed by atoms with E-state index in [-0.39, 0.29) is 25.3 Å². The predicted molar refractivity (Wildman–Crippen MR) is 165 cm³/mol. The molecule has 5 rings (SSSR count). The normalized spacial score (nSPS) is 16.0. The summed E-state index contributed by atoms with van der Waals surface area (Å²) in [5, 5.41) is 22.2. The molecule has 0 bridgehead atoms. The van der Waals surface area contributed by atoms with Crippen LogP contribution in [0.3, 0.4) is 0 Å². The highest BCUT2D eigenvalue weighted by atomic mass is 32.2. The number of halogens is 1. The monoisotopic (exact) mass is 640 g/mol. The fourth-order valence-corrected chi connectivity index (χ4v) is 8.12. The van der Waals surface area contributed by atoms with Crippen LogP contribution in [0.25, 0.3) is 11.1 Å². The van der Waals surface area contributed by atoms with E-state index in [4.69, 9.17) is 9.47 Å². The molecule has 1 atom stereocenters. The molecule has 0 saturated heterocycles. The number of carbonyl (C=O) groups is 1. The number of para-hydroxylation sites is 1. The Kier molecular flexibility index (Phi) is 8.54. The Morgan fingerprint density at radius 2 is 1.78 bits per heavy atom. The quantitative estimate of drug-likeness (QED) is 0.233. The standard InChI is InChI=1S/C33H37FN2O8S/c1-18-22-10-9-15-43-30(22)25(34)16-23(18)28-20(3)24-17-35(45(41,42)27-12-8-7-11-26(27)36(39)40)14-13-21(24)19(2)29(28)31(32(37)38)44-33(4,5)6/h7-8,11-12,16,31H,9-10,13-15,17H2,1-6H3,(H,37,38). The maximum absolute atomic E-state index is 15.6. The number of sulfonamides is 1. The number of carboxylic acids is 1. The zero-order valence-corrected chi connectivity index (χ0v) is 27.0. The Labute approximate surface area is 262 Å². The van der Waals surface area contributed by atoms with Crippen molar-refractivity contribution in [1.82, 2.24) is 4.31 Å². The third kappa shape index (κ3) is 5.82. The minimum Gasteiger partial charge on any atom is -0.490 e. The van der Waals surface area contributed by atoms with E-state index >= 15 is 4.39 Å². The Balaban J connectivity index is 1.77. The number of hydrogen-bond acceptors (Lipinski definition) is 7. The van der Waals surface area contributed by atoms with Crippen LogP contribution in [0.5, 0.6) is 5.75 Å². The zero-order chi connectivity index (χ0) is 33.0. The van der Waals surface area contributed by atoms with Crippen LogP contribution in [0.2, 0.25) is 0 Å². The minimum absolute atomic E-state index is 0.0299. The van der Waals surface area contributed by atoms with E-state index in [1.165, 1.54) is 28.6 Å². The molecule has 12 heteroatoms. The fourth-order valence-electron chi connectivity index (χ4n) is 6.55. The smallest absolute Gasteiger partial charge is 0.337 e. The molecule has 3 aromatic rings. The maximum atomic E-state index is 15.6. The van der Waals surface area contributed by atoms with Crippen molar-refractivity contribution in [3.05, 3.63) is 85.2 Å². The number of nitro benzene ring substituents is 1. The van der Waals surface area contributed by atoms with Gasteiger partial charge < -0.3 is 14.6 Å². The van der Waals surface area contributed by atoms with E-state index in [0.717, 1.165) is 17.2 Å². The van der Waals surface area contributed by atoms with E-state index in [1.54, 1.807) is 34.6 Å². The van der Waals surface area contributed by atoms with Crippen LogP contribution in [0.4, 0.5) is 10.1 Å². The summed E-state index contributed by atoms with van der Waals surface area (Å²) >= 11 is 0. The number of ether oxygens (including phenoxy) is 2. The molecule has 1 N–H and O–H groups in total. The highest BCUT2D eigenvalue weighted by Gasteiger charge is 2.39. The lowest BCUT2D eigenvalue weighted by molar-refractivity contribution is -0.387. The Morgan fingerprint density at radius 3 is 2.42 bits per heavy atom. The maximum Gasteiger partial charge on any atom is 0.337 e. The summed E-state index contributed by atoms with van der Waals surface area (Å²) in [5.74, 6) is -1.57. The molecule has 2 heterocycles. The zero-order valence-electron chi connectivity index (χ0n) is 26.2. The van der Waals surface area contributed by atoms with Crippen molar-refractivity contribution in [2.75, 3.05) is 13.2 Å². The second-order valence-corrected chi connectivity index (χ2v) is 14.5. The summed E-state index contributed by atoms with van der Waals surface area (Å²) in [6.07, 6.45) is 0.136. The van der Waals surface area contributed by atoms with E-state index in [9.17, 15) is 28.4 Å². The van der Waals surface area contributed by atoms with Crippen LogP contribution in [0.1, 0.15) is 72.2 Å². The topological polar surface area (TPSA) is 136 Å². The van der Waals surface area contributed by atoms with Gasteiger partial charge in [-0.3, -0.25) is 10.1 Å². The Morgan fingerprint density at radius 1 is 1.09 bits per heavy atom. The van der Waals surface area contributed by atoms with Gasteiger partial charge in [0.1, 0.15) is 0 Å². The third-order valence-corrected chi connectivity index (χ3v) is 10.5. The summed E-state index contributed by atoms with van der Waals surface area (Å²) in [6, 6.07) is 6.59. The Hall–Kier alpha value is -3.87. The number of nitrogens with zero attached hydrogens (tertiary/aromatic N) is 2. The first-order valence-corrected chi connectivity index (χ1v) is 16.2. The van der Waals surface area contributed by atoms with Crippen molar-refractivity contribution >= 4 is 21.7 Å². The molecular weight excluding hydrogens is 603 g/mol. The van der Waals surface area contributed by atoms with Crippen molar-refractivity contribution in [3.8, 4) is 16.9 Å². The molecule has 0 aliphatic carbocycles. The van der Waals surface area contributed by atoms with Crippen LogP contribution in [-0.2, 0) is 38.9 Å². The molecule has 0 radical (unpaired) electrons. The predicted octanol–water partition coefficient (Wildman–Crippen LogP) is 6.34. The van der Waals surface area contributed by atoms with Gasteiger partial charge in [0.25, 0.3) is 5.69 Å². The largest absolute Gasteiger partial charge is 0.490 e. The molecule has 10 nitrogen and oxygen atoms in total. The molecule has 45 heavy (non-hydrogen) atoms. The molecule has 0 aromatic heterocycles. The molecule has 0 spiro atoms. The van der Waals surface area contributed by atoms with Gasteiger partial charge in [0.2, 0.25) is 10.0 Å². The van der Waals surface area contributed by atoms with Gasteiger partial charge in [-0.15, -0.1) is 0 Å². The van der Waals surface area contributed by atoms with E-state index < -0.39 is 49.0 Å². The number of rotatable bonds is 7. The van der Waals surface area contributed by atoms with Gasteiger partial charge in [-0.1, -0.05) is 12.1 Å². The first-order valence-electron chi connectivity index (χ1n) is 14.8. The Bertz CT molecular complexity index is 1830. The molecule has 2 aliphatic heterocycles. The summed E-state index contributed by atoms with van der Waals surface area (Å²) in [6.45, 7) is 11.0. The summed E-state index contributed by atoms with van der Waals surface area (Å²) in [4.78, 5) is 23.4. The average Bonchev–Trinajstić information content (AvgIpc) is 2.99. The van der Waals surface area contributed by atoms with Gasteiger partial charge >= 0.3 is 5.97 Å². The summed E-state index contributed by atoms with van der Waals surface area (Å²) in [5.41, 5.74) is 4.09. The summed E-state index contributed by atoms with van der Waals surface area (Å²) < 4.78 is 56.3. The van der Waals surface area contributed by atoms with Crippen LogP contribution >= 0.6 is 0 Å². The van der Waals surface area contributed by atoms with Crippen molar-refractivity contribution in [2.24, 2.45) is 0 Å². The van der Waals surface area contributed by atoms with Crippen LogP contribution < -0.4 is 4.74 Å². The lowest BCUT2D eigenvalue weighted by Crippen LogP contribution is -2.37. The van der Waals surface area contributed by atoms with Gasteiger partial charge in [0, 0.05) is 30.3 Å². The van der Waals surface area contributed by atoms with Gasteiger partial charge in [-0.2, -0.15) is 4.31 Å². The molecule has 0 amide bonds. The van der Waals surface area contributed by atoms with Gasteiger partial charge in [-0.25, -0.2) is 17.6 Å². The van der Waals surface area contributed by atoms with E-state index in [2.05, 4.69) is 0 Å². The highest BCUT2D eigenvalue weighted by molar-refractivity contribution is 7.89. The van der Waals surface area contributed by atoms with Crippen LogP contribution in [0, 0.1) is 36.7 Å². The van der Waals surface area contributed by atoms with E-state index in [0.29, 0.717) is 58.4 Å². The number of fused-ring (bicyclic) bond motifs is 2. The molecular formula is C33H37FN2O8S. The lowest BCUT2D eigenvalue weighted by atomic mass is 9.78. The first kappa shape index (κ1) is 32.5. The molecule has 1 unspecified atom stereocenters. The molecule has 0 fully saturated rings. The van der Waals surface area contributed by atoms with Gasteiger partial charge in [0.15, 0.2) is 22.6 Å². The number of aliphatic carboxylic acids is 1. The molecule has 0 saturated carbocycles. The highest BCUT2D eigenvalue weighted by Crippen LogP contribution is 2.46. The van der Waals surface area contributed by atoms with Crippen molar-refractivity contribution < 1.29 is 37.1 Å². The third-order valence-electron chi connectivity index (χ3n) is 8.61. The van der Waals surface area contributed by atoms with Gasteiger partial charge in [0.05, 0.1) is 17.1 Å². The van der Waals surface area contributed by atoms with Crippen LogP contribution in [0.15, 0.2) is 35.2 Å². The molecule has 240 valence electrons. The number of benzene rings is 3. The number of nitro groups is 1. The minimum atomic E-state index is -4.28. The molecule has 2 aliphatic rings. The number of carboxylic acid groups (broad SMARTS) is 1.